The summed E-state index contributed by atoms with van der Waals surface area (Å²) in [4.78, 5) is 105. The number of imide groups is 1. The smallest absolute Gasteiger partial charge is 0.410 e. The number of rotatable bonds is 26. The maximum Gasteiger partial charge on any atom is 0.410 e. The Bertz CT molecular complexity index is 2930. The molecule has 5 aromatic rings. The van der Waals surface area contributed by atoms with Crippen molar-refractivity contribution < 1.29 is 56.6 Å². The van der Waals surface area contributed by atoms with Gasteiger partial charge in [0.2, 0.25) is 18.6 Å². The van der Waals surface area contributed by atoms with Crippen molar-refractivity contribution in [3.8, 4) is 34.1 Å². The average Bonchev–Trinajstić information content (AvgIpc) is 4.13. The molecule has 0 saturated carbocycles. The average molecular weight is 1050 g/mol. The van der Waals surface area contributed by atoms with Crippen LogP contribution in [0.4, 0.5) is 24.1 Å². The first kappa shape index (κ1) is 55.3. The van der Waals surface area contributed by atoms with Crippen LogP contribution in [0.25, 0.3) is 22.6 Å². The number of ether oxygens (including phenoxy) is 3. The fraction of sp³-hybridized carbons (Fsp3) is 0.364. The topological polar surface area (TPSA) is 257 Å². The number of pyridine rings is 1. The standard InChI is InChI=1S/C55H61F2N9O10/c1-33(2)50(64-47(68)15-5-4-6-26-66-48(69)22-23-49(66)70)43(67)28-37(11-9-25-59-54(58)72)53(71)61-38-19-16-35(17-20-38)31-74-55(73)65(27-24-39-40(56)12-8-13-41(39)57)30-46-62-51(36-18-21-44-45(29-36)76-32-75-44)52(63-46)42-14-7-10-34(3)60-42/h7-8,10,12-14,16-23,29,33,37,50H,4-6,9,11,15,24-28,30-32H2,1-3H3,(H,61,71)(H,62,63)(H,64,68)(H3,58,59,72)/t37-,50+/m1/s1. The number of aromatic nitrogens is 3. The minimum absolute atomic E-state index is 0.0751. The summed E-state index contributed by atoms with van der Waals surface area (Å²) < 4.78 is 46.6. The summed E-state index contributed by atoms with van der Waals surface area (Å²) in [7, 11) is 0. The summed E-state index contributed by atoms with van der Waals surface area (Å²) in [5.41, 5.74) is 9.06. The lowest BCUT2D eigenvalue weighted by Crippen LogP contribution is -2.45. The minimum Gasteiger partial charge on any atom is -0.454 e. The van der Waals surface area contributed by atoms with Crippen LogP contribution in [-0.2, 0) is 48.3 Å². The highest BCUT2D eigenvalue weighted by Gasteiger charge is 2.30. The lowest BCUT2D eigenvalue weighted by atomic mass is 9.89. The molecular formula is C55H61F2N9O10. The van der Waals surface area contributed by atoms with E-state index < -0.39 is 41.6 Å². The molecule has 400 valence electrons. The van der Waals surface area contributed by atoms with Crippen molar-refractivity contribution in [3.05, 3.63) is 125 Å². The number of carbonyl (C=O) groups is 7. The summed E-state index contributed by atoms with van der Waals surface area (Å²) in [6.07, 6.45) is 3.45. The molecule has 21 heteroatoms. The Morgan fingerprint density at radius 2 is 1.61 bits per heavy atom. The van der Waals surface area contributed by atoms with Crippen LogP contribution >= 0.6 is 0 Å². The number of nitrogens with zero attached hydrogens (tertiary/aromatic N) is 4. The second-order valence-corrected chi connectivity index (χ2v) is 18.8. The Morgan fingerprint density at radius 1 is 0.882 bits per heavy atom. The molecular weight excluding hydrogens is 985 g/mol. The highest BCUT2D eigenvalue weighted by atomic mass is 19.1. The van der Waals surface area contributed by atoms with Crippen molar-refractivity contribution in [1.82, 2.24) is 35.4 Å². The van der Waals surface area contributed by atoms with Gasteiger partial charge >= 0.3 is 12.1 Å². The molecule has 2 aliphatic rings. The van der Waals surface area contributed by atoms with E-state index in [9.17, 15) is 42.3 Å². The molecule has 0 fully saturated rings. The van der Waals surface area contributed by atoms with Gasteiger partial charge in [0.25, 0.3) is 11.8 Å². The molecule has 0 unspecified atom stereocenters. The number of hydrogen-bond acceptors (Lipinski definition) is 12. The van der Waals surface area contributed by atoms with E-state index in [-0.39, 0.29) is 100 Å². The van der Waals surface area contributed by atoms with Crippen LogP contribution in [0, 0.1) is 30.4 Å². The Balaban J connectivity index is 0.994. The molecule has 2 aliphatic heterocycles. The molecule has 0 radical (unpaired) electrons. The van der Waals surface area contributed by atoms with Crippen molar-refractivity contribution in [3.63, 3.8) is 0 Å². The Kier molecular flexibility index (Phi) is 19.0. The van der Waals surface area contributed by atoms with Gasteiger partial charge in [0.1, 0.15) is 24.1 Å². The molecule has 19 nitrogen and oxygen atoms in total. The number of aromatic amines is 1. The minimum atomic E-state index is -0.887. The summed E-state index contributed by atoms with van der Waals surface area (Å²) in [6, 6.07) is 19.3. The molecule has 7 rings (SSSR count). The number of carbonyl (C=O) groups excluding carboxylic acids is 7. The molecule has 0 spiro atoms. The van der Waals surface area contributed by atoms with Crippen LogP contribution in [-0.4, -0.2) is 98.8 Å². The number of aryl methyl sites for hydroxylation is 1. The maximum absolute atomic E-state index is 14.9. The largest absolute Gasteiger partial charge is 0.454 e. The lowest BCUT2D eigenvalue weighted by Gasteiger charge is -2.24. The Labute approximate surface area is 438 Å². The molecule has 7 amide bonds. The van der Waals surface area contributed by atoms with Crippen LogP contribution in [0.3, 0.4) is 0 Å². The van der Waals surface area contributed by atoms with Crippen molar-refractivity contribution in [2.24, 2.45) is 17.6 Å². The molecule has 76 heavy (non-hydrogen) atoms. The van der Waals surface area contributed by atoms with Crippen LogP contribution in [0.15, 0.2) is 91.0 Å². The zero-order chi connectivity index (χ0) is 54.3. The van der Waals surface area contributed by atoms with Crippen LogP contribution in [0.2, 0.25) is 0 Å². The van der Waals surface area contributed by atoms with Gasteiger partial charge in [0.15, 0.2) is 17.3 Å². The number of primary amides is 1. The molecule has 2 atom stereocenters. The quantitative estimate of drug-likeness (QED) is 0.0268. The zero-order valence-electron chi connectivity index (χ0n) is 42.5. The monoisotopic (exact) mass is 1050 g/mol. The summed E-state index contributed by atoms with van der Waals surface area (Å²) in [6.45, 7) is 5.39. The molecule has 3 aromatic carbocycles. The van der Waals surface area contributed by atoms with Gasteiger partial charge in [-0.3, -0.25) is 33.9 Å². The predicted octanol–water partition coefficient (Wildman–Crippen LogP) is 7.42. The Morgan fingerprint density at radius 3 is 2.32 bits per heavy atom. The number of H-pyrrole nitrogens is 1. The van der Waals surface area contributed by atoms with Gasteiger partial charge in [-0.2, -0.15) is 0 Å². The van der Waals surface area contributed by atoms with Gasteiger partial charge in [0, 0.05) is 73.1 Å². The highest BCUT2D eigenvalue weighted by molar-refractivity contribution is 6.12. The van der Waals surface area contributed by atoms with Crippen molar-refractivity contribution >= 4 is 47.2 Å². The van der Waals surface area contributed by atoms with E-state index in [1.165, 1.54) is 23.1 Å². The number of halogens is 2. The van der Waals surface area contributed by atoms with Crippen molar-refractivity contribution in [1.29, 1.82) is 0 Å². The third kappa shape index (κ3) is 15.1. The second-order valence-electron chi connectivity index (χ2n) is 18.8. The van der Waals surface area contributed by atoms with Gasteiger partial charge in [-0.1, -0.05) is 44.5 Å². The van der Waals surface area contributed by atoms with E-state index in [0.717, 1.165) is 22.7 Å². The van der Waals surface area contributed by atoms with Gasteiger partial charge in [-0.25, -0.2) is 23.4 Å². The maximum atomic E-state index is 14.9. The van der Waals surface area contributed by atoms with Gasteiger partial charge in [-0.05, 0) is 105 Å². The van der Waals surface area contributed by atoms with E-state index >= 15 is 0 Å². The van der Waals surface area contributed by atoms with E-state index in [4.69, 9.17) is 29.9 Å². The van der Waals surface area contributed by atoms with Gasteiger partial charge in [-0.15, -0.1) is 0 Å². The van der Waals surface area contributed by atoms with E-state index in [1.54, 1.807) is 50.2 Å². The van der Waals surface area contributed by atoms with Crippen LogP contribution in [0.5, 0.6) is 11.5 Å². The number of unbranched alkanes of at least 4 members (excludes halogenated alkanes) is 2. The second kappa shape index (κ2) is 26.1. The summed E-state index contributed by atoms with van der Waals surface area (Å²) in [5.74, 6) is -3.14. The first-order chi connectivity index (χ1) is 36.5. The molecule has 6 N–H and O–H groups in total. The number of nitrogens with two attached hydrogens (primary N) is 1. The van der Waals surface area contributed by atoms with E-state index in [2.05, 4.69) is 20.9 Å². The number of Topliss-reactive ketones (excluding diaryl/α,β-unsaturated/α-hetero) is 1. The third-order valence-corrected chi connectivity index (χ3v) is 12.8. The third-order valence-electron chi connectivity index (χ3n) is 12.8. The molecule has 0 aliphatic carbocycles. The number of benzene rings is 3. The first-order valence-electron chi connectivity index (χ1n) is 25.1. The first-order valence-corrected chi connectivity index (χ1v) is 25.1. The van der Waals surface area contributed by atoms with Gasteiger partial charge in [0.05, 0.1) is 29.7 Å². The molecule has 2 aromatic heterocycles. The van der Waals surface area contributed by atoms with Crippen molar-refractivity contribution in [2.45, 2.75) is 91.3 Å². The number of amides is 7. The number of ketones is 1. The number of anilines is 1. The van der Waals surface area contributed by atoms with Crippen LogP contribution in [0.1, 0.15) is 81.4 Å². The van der Waals surface area contributed by atoms with Gasteiger partial charge < -0.3 is 45.8 Å². The SMILES string of the molecule is Cc1cccc(-c2[nH]c(CN(CCc3c(F)cccc3F)C(=O)OCc3ccc(NC(=O)[C@H](CCCNC(N)=O)CC(=O)[C@@H](NC(=O)CCCCCN4C(=O)C=CC4=O)C(C)C)cc3)nc2-c2ccc3c(c2)OCO3)n1. The number of nitrogens with one attached hydrogen (secondary N) is 4. The number of hydrogen-bond donors (Lipinski definition) is 5. The fourth-order valence-electron chi connectivity index (χ4n) is 8.72. The summed E-state index contributed by atoms with van der Waals surface area (Å²) in [5, 5.41) is 8.16. The van der Waals surface area contributed by atoms with Crippen molar-refractivity contribution in [2.75, 3.05) is 31.7 Å². The number of urea groups is 1. The zero-order valence-corrected chi connectivity index (χ0v) is 42.5. The van der Waals surface area contributed by atoms with E-state index in [0.29, 0.717) is 76.9 Å². The fourth-order valence-corrected chi connectivity index (χ4v) is 8.72. The highest BCUT2D eigenvalue weighted by Crippen LogP contribution is 2.38. The predicted molar refractivity (Wildman–Crippen MR) is 275 cm³/mol. The molecule has 0 saturated heterocycles. The molecule has 4 heterocycles. The number of imidazole rings is 1. The van der Waals surface area contributed by atoms with Crippen LogP contribution < -0.4 is 31.2 Å². The van der Waals surface area contributed by atoms with E-state index in [1.807, 2.05) is 31.2 Å². The number of fused-ring (bicyclic) bond motifs is 1. The Hall–Kier alpha value is -8.49. The normalized spacial score (nSPS) is 13.4. The molecule has 0 bridgehead atoms. The summed E-state index contributed by atoms with van der Waals surface area (Å²) >= 11 is 0. The lowest BCUT2D eigenvalue weighted by molar-refractivity contribution is -0.137.